The van der Waals surface area contributed by atoms with Crippen LogP contribution in [0.2, 0.25) is 0 Å². The number of fused-ring (bicyclic) bond motifs is 1. The van der Waals surface area contributed by atoms with Gasteiger partial charge in [-0.2, -0.15) is 0 Å². The molecule has 3 aromatic rings. The van der Waals surface area contributed by atoms with Crippen LogP contribution in [0.1, 0.15) is 19.3 Å². The Bertz CT molecular complexity index is 971. The summed E-state index contributed by atoms with van der Waals surface area (Å²) < 4.78 is 2.00. The topological polar surface area (TPSA) is 76.0 Å². The molecular formula is C20H20N4O2. The maximum Gasteiger partial charge on any atom is 0.240 e. The molecule has 0 radical (unpaired) electrons. The second-order valence-corrected chi connectivity index (χ2v) is 6.62. The first-order chi connectivity index (χ1) is 12.6. The van der Waals surface area contributed by atoms with Crippen LogP contribution in [0.3, 0.4) is 0 Å². The van der Waals surface area contributed by atoms with Gasteiger partial charge >= 0.3 is 0 Å². The van der Waals surface area contributed by atoms with Crippen LogP contribution in [0, 0.1) is 5.41 Å². The summed E-state index contributed by atoms with van der Waals surface area (Å²) >= 11 is 0. The summed E-state index contributed by atoms with van der Waals surface area (Å²) in [5.74, 6) is -0.438. The van der Waals surface area contributed by atoms with Crippen molar-refractivity contribution in [3.05, 3.63) is 54.9 Å². The highest BCUT2D eigenvalue weighted by molar-refractivity contribution is 6.11. The lowest BCUT2D eigenvalue weighted by atomic mass is 9.67. The fraction of sp³-hybridized carbons (Fsp3) is 0.250. The predicted octanol–water partition coefficient (Wildman–Crippen LogP) is 2.88. The van der Waals surface area contributed by atoms with Crippen molar-refractivity contribution in [3.8, 4) is 5.69 Å². The monoisotopic (exact) mass is 348 g/mol. The van der Waals surface area contributed by atoms with E-state index in [4.69, 9.17) is 0 Å². The average Bonchev–Trinajstić information content (AvgIpc) is 3.05. The van der Waals surface area contributed by atoms with Crippen LogP contribution in [0.5, 0.6) is 0 Å². The van der Waals surface area contributed by atoms with Gasteiger partial charge < -0.3 is 10.6 Å². The zero-order valence-electron chi connectivity index (χ0n) is 14.5. The standard InChI is InChI=1S/C20H20N4O2/c1-21-18(25)20(11-4-12-20)19(26)23-14-7-9-15(10-8-14)24-13-22-16-5-2-3-6-17(16)24/h2-3,5-10,13H,4,11-12H2,1H3,(H,21,25)(H,23,26). The number of hydrogen-bond donors (Lipinski definition) is 2. The highest BCUT2D eigenvalue weighted by atomic mass is 16.2. The van der Waals surface area contributed by atoms with Gasteiger partial charge in [-0.25, -0.2) is 4.98 Å². The van der Waals surface area contributed by atoms with Gasteiger partial charge in [0.1, 0.15) is 11.7 Å². The van der Waals surface area contributed by atoms with Gasteiger partial charge in [-0.3, -0.25) is 14.2 Å². The van der Waals surface area contributed by atoms with Crippen LogP contribution in [0.4, 0.5) is 5.69 Å². The molecular weight excluding hydrogens is 328 g/mol. The summed E-state index contributed by atoms with van der Waals surface area (Å²) in [4.78, 5) is 29.1. The van der Waals surface area contributed by atoms with Crippen molar-refractivity contribution in [2.24, 2.45) is 5.41 Å². The van der Waals surface area contributed by atoms with Crippen molar-refractivity contribution in [1.29, 1.82) is 0 Å². The van der Waals surface area contributed by atoms with Gasteiger partial charge in [-0.15, -0.1) is 0 Å². The van der Waals surface area contributed by atoms with E-state index in [9.17, 15) is 9.59 Å². The van der Waals surface area contributed by atoms with Crippen LogP contribution >= 0.6 is 0 Å². The van der Waals surface area contributed by atoms with Crippen LogP contribution in [-0.2, 0) is 9.59 Å². The fourth-order valence-electron chi connectivity index (χ4n) is 3.45. The Balaban J connectivity index is 1.55. The molecule has 26 heavy (non-hydrogen) atoms. The Morgan fingerprint density at radius 3 is 2.42 bits per heavy atom. The van der Waals surface area contributed by atoms with E-state index in [1.165, 1.54) is 0 Å². The van der Waals surface area contributed by atoms with Crippen molar-refractivity contribution in [3.63, 3.8) is 0 Å². The van der Waals surface area contributed by atoms with Gasteiger partial charge in [0.05, 0.1) is 11.0 Å². The van der Waals surface area contributed by atoms with Crippen LogP contribution in [-0.4, -0.2) is 28.4 Å². The van der Waals surface area contributed by atoms with E-state index >= 15 is 0 Å². The molecule has 1 aliphatic carbocycles. The summed E-state index contributed by atoms with van der Waals surface area (Å²) in [6, 6.07) is 15.5. The molecule has 0 unspecified atom stereocenters. The Labute approximate surface area is 151 Å². The third kappa shape index (κ3) is 2.54. The Morgan fingerprint density at radius 1 is 1.04 bits per heavy atom. The number of amides is 2. The number of anilines is 1. The molecule has 0 saturated heterocycles. The molecule has 6 nitrogen and oxygen atoms in total. The van der Waals surface area contributed by atoms with Crippen LogP contribution in [0.25, 0.3) is 16.7 Å². The normalized spacial score (nSPS) is 15.3. The van der Waals surface area contributed by atoms with Crippen LogP contribution in [0.15, 0.2) is 54.9 Å². The van der Waals surface area contributed by atoms with Gasteiger partial charge in [0.25, 0.3) is 0 Å². The molecule has 1 fully saturated rings. The van der Waals surface area contributed by atoms with E-state index in [0.29, 0.717) is 18.5 Å². The fourth-order valence-corrected chi connectivity index (χ4v) is 3.45. The van der Waals surface area contributed by atoms with E-state index in [2.05, 4.69) is 15.6 Å². The molecule has 6 heteroatoms. The maximum atomic E-state index is 12.6. The van der Waals surface area contributed by atoms with E-state index < -0.39 is 5.41 Å². The Kier molecular flexibility index (Phi) is 3.95. The molecule has 2 N–H and O–H groups in total. The first kappa shape index (κ1) is 16.3. The van der Waals surface area contributed by atoms with Gasteiger partial charge in [0.15, 0.2) is 0 Å². The first-order valence-corrected chi connectivity index (χ1v) is 8.70. The van der Waals surface area contributed by atoms with E-state index in [0.717, 1.165) is 23.1 Å². The van der Waals surface area contributed by atoms with Crippen molar-refractivity contribution in [2.45, 2.75) is 19.3 Å². The number of nitrogens with zero attached hydrogens (tertiary/aromatic N) is 2. The smallest absolute Gasteiger partial charge is 0.240 e. The molecule has 0 spiro atoms. The number of aromatic nitrogens is 2. The van der Waals surface area contributed by atoms with E-state index in [1.807, 2.05) is 53.1 Å². The molecule has 0 aliphatic heterocycles. The number of carbonyl (C=O) groups excluding carboxylic acids is 2. The lowest BCUT2D eigenvalue weighted by Crippen LogP contribution is -2.52. The lowest BCUT2D eigenvalue weighted by Gasteiger charge is -2.38. The summed E-state index contributed by atoms with van der Waals surface area (Å²) in [6.07, 6.45) is 3.87. The molecule has 4 rings (SSSR count). The number of nitrogens with one attached hydrogen (secondary N) is 2. The van der Waals surface area contributed by atoms with E-state index in [-0.39, 0.29) is 11.8 Å². The summed E-state index contributed by atoms with van der Waals surface area (Å²) in [5, 5.41) is 5.49. The average molecular weight is 348 g/mol. The zero-order chi connectivity index (χ0) is 18.1. The minimum Gasteiger partial charge on any atom is -0.358 e. The van der Waals surface area contributed by atoms with Crippen molar-refractivity contribution in [2.75, 3.05) is 12.4 Å². The summed E-state index contributed by atoms with van der Waals surface area (Å²) in [5.41, 5.74) is 2.67. The quantitative estimate of drug-likeness (QED) is 0.712. The molecule has 1 aromatic heterocycles. The van der Waals surface area contributed by atoms with Gasteiger partial charge in [-0.1, -0.05) is 18.6 Å². The number of rotatable bonds is 4. The van der Waals surface area contributed by atoms with Crippen LogP contribution < -0.4 is 10.6 Å². The third-order valence-corrected chi connectivity index (χ3v) is 5.16. The number of para-hydroxylation sites is 2. The minimum atomic E-state index is -0.923. The highest BCUT2D eigenvalue weighted by Gasteiger charge is 2.50. The lowest BCUT2D eigenvalue weighted by molar-refractivity contribution is -0.146. The number of hydrogen-bond acceptors (Lipinski definition) is 3. The first-order valence-electron chi connectivity index (χ1n) is 8.70. The molecule has 0 atom stereocenters. The number of imidazole rings is 1. The molecule has 1 heterocycles. The van der Waals surface area contributed by atoms with Gasteiger partial charge in [0.2, 0.25) is 11.8 Å². The van der Waals surface area contributed by atoms with Crippen molar-refractivity contribution >= 4 is 28.5 Å². The number of benzene rings is 2. The second kappa shape index (κ2) is 6.29. The summed E-state index contributed by atoms with van der Waals surface area (Å²) in [7, 11) is 1.57. The molecule has 1 saturated carbocycles. The molecule has 0 bridgehead atoms. The second-order valence-electron chi connectivity index (χ2n) is 6.62. The Morgan fingerprint density at radius 2 is 1.77 bits per heavy atom. The largest absolute Gasteiger partial charge is 0.358 e. The SMILES string of the molecule is CNC(=O)C1(C(=O)Nc2ccc(-n3cnc4ccccc43)cc2)CCC1. The highest BCUT2D eigenvalue weighted by Crippen LogP contribution is 2.42. The molecule has 1 aliphatic rings. The molecule has 132 valence electrons. The van der Waals surface area contributed by atoms with Crippen molar-refractivity contribution in [1.82, 2.24) is 14.9 Å². The zero-order valence-corrected chi connectivity index (χ0v) is 14.5. The predicted molar refractivity (Wildman–Crippen MR) is 100 cm³/mol. The molecule has 2 amide bonds. The minimum absolute atomic E-state index is 0.206. The van der Waals surface area contributed by atoms with Gasteiger partial charge in [0, 0.05) is 18.4 Å². The third-order valence-electron chi connectivity index (χ3n) is 5.16. The Hall–Kier alpha value is -3.15. The summed E-state index contributed by atoms with van der Waals surface area (Å²) in [6.45, 7) is 0. The van der Waals surface area contributed by atoms with Gasteiger partial charge in [-0.05, 0) is 49.2 Å². The van der Waals surface area contributed by atoms with Crippen molar-refractivity contribution < 1.29 is 9.59 Å². The number of carbonyl (C=O) groups is 2. The van der Waals surface area contributed by atoms with E-state index in [1.54, 1.807) is 13.4 Å². The maximum absolute atomic E-state index is 12.6. The molecule has 2 aromatic carbocycles.